The molecule has 1 aromatic rings. The molecule has 0 unspecified atom stereocenters. The van der Waals surface area contributed by atoms with Crippen molar-refractivity contribution >= 4 is 6.29 Å². The molecule has 0 amide bonds. The number of carbonyl (C=O) groups is 1. The van der Waals surface area contributed by atoms with Gasteiger partial charge < -0.3 is 14.6 Å². The summed E-state index contributed by atoms with van der Waals surface area (Å²) < 4.78 is 2.18. The van der Waals surface area contributed by atoms with E-state index in [1.54, 1.807) is 0 Å². The van der Waals surface area contributed by atoms with Gasteiger partial charge in [0.1, 0.15) is 6.29 Å². The lowest BCUT2D eigenvalue weighted by atomic mass is 9.75. The van der Waals surface area contributed by atoms with Crippen LogP contribution in [0.1, 0.15) is 97.0 Å². The zero-order chi connectivity index (χ0) is 24.1. The molecule has 2 aliphatic heterocycles. The highest BCUT2D eigenvalue weighted by atomic mass is 16.1. The lowest BCUT2D eigenvalue weighted by Crippen LogP contribution is -2.46. The van der Waals surface area contributed by atoms with Crippen LogP contribution < -0.4 is 0 Å². The third-order valence-electron chi connectivity index (χ3n) is 9.10. The summed E-state index contributed by atoms with van der Waals surface area (Å²) >= 11 is 0. The first-order chi connectivity index (χ1) is 16.3. The van der Waals surface area contributed by atoms with E-state index in [2.05, 4.69) is 53.5 Å². The number of carbonyl (C=O) groups excluding carboxylic acids is 1. The second-order valence-electron chi connectivity index (χ2n) is 12.9. The molecular formula is C29H50N4O. The van der Waals surface area contributed by atoms with Crippen molar-refractivity contribution in [3.8, 4) is 0 Å². The Balaban J connectivity index is 1.11. The molecule has 3 aliphatic rings. The Labute approximate surface area is 208 Å². The predicted molar refractivity (Wildman–Crippen MR) is 140 cm³/mol. The topological polar surface area (TPSA) is 41.4 Å². The van der Waals surface area contributed by atoms with Crippen LogP contribution in [0.15, 0.2) is 12.4 Å². The average Bonchev–Trinajstić information content (AvgIpc) is 3.30. The van der Waals surface area contributed by atoms with Gasteiger partial charge in [-0.05, 0) is 113 Å². The summed E-state index contributed by atoms with van der Waals surface area (Å²) in [7, 11) is 0. The van der Waals surface area contributed by atoms with Gasteiger partial charge >= 0.3 is 0 Å². The summed E-state index contributed by atoms with van der Waals surface area (Å²) in [6, 6.07) is 0.797. The van der Waals surface area contributed by atoms with Crippen LogP contribution in [-0.2, 0) is 11.3 Å². The summed E-state index contributed by atoms with van der Waals surface area (Å²) in [5.74, 6) is 2.99. The van der Waals surface area contributed by atoms with E-state index in [0.717, 1.165) is 43.0 Å². The van der Waals surface area contributed by atoms with E-state index in [-0.39, 0.29) is 5.41 Å². The molecule has 0 spiro atoms. The maximum Gasteiger partial charge on any atom is 0.125 e. The zero-order valence-electron chi connectivity index (χ0n) is 22.4. The van der Waals surface area contributed by atoms with Crippen molar-refractivity contribution in [2.24, 2.45) is 23.2 Å². The second-order valence-corrected chi connectivity index (χ2v) is 12.9. The van der Waals surface area contributed by atoms with Crippen LogP contribution in [0.4, 0.5) is 0 Å². The molecule has 0 radical (unpaired) electrons. The van der Waals surface area contributed by atoms with E-state index in [0.29, 0.717) is 5.92 Å². The summed E-state index contributed by atoms with van der Waals surface area (Å²) in [4.78, 5) is 16.8. The molecule has 3 fully saturated rings. The average molecular weight is 471 g/mol. The number of piperidine rings is 2. The van der Waals surface area contributed by atoms with Crippen LogP contribution in [0, 0.1) is 23.2 Å². The summed E-state index contributed by atoms with van der Waals surface area (Å²) in [5.41, 5.74) is 1.22. The number of aldehydes is 1. The van der Waals surface area contributed by atoms with E-state index in [9.17, 15) is 4.79 Å². The summed E-state index contributed by atoms with van der Waals surface area (Å²) in [6.07, 6.45) is 17.2. The van der Waals surface area contributed by atoms with Gasteiger partial charge in [0.2, 0.25) is 0 Å². The number of rotatable bonds is 9. The van der Waals surface area contributed by atoms with Crippen LogP contribution in [0.5, 0.6) is 0 Å². The van der Waals surface area contributed by atoms with Crippen molar-refractivity contribution in [1.29, 1.82) is 0 Å². The Morgan fingerprint density at radius 1 is 0.912 bits per heavy atom. The standard InChI is InChI=1S/C29H50N4O/c1-23(2)27-18-30-33(21-27)20-26-9-13-31(14-10-26)19-25-11-15-32(16-12-25)28-7-5-24(6-8-28)17-29(3,4)22-34/h18,21-26,28H,5-17,19-20H2,1-4H3. The van der Waals surface area contributed by atoms with E-state index in [1.165, 1.54) is 89.7 Å². The summed E-state index contributed by atoms with van der Waals surface area (Å²) in [5, 5.41) is 4.60. The first-order valence-corrected chi connectivity index (χ1v) is 14.3. The highest BCUT2D eigenvalue weighted by Gasteiger charge is 2.32. The Hall–Kier alpha value is -1.20. The van der Waals surface area contributed by atoms with Gasteiger partial charge in [-0.3, -0.25) is 4.68 Å². The molecule has 2 saturated heterocycles. The molecule has 0 aromatic carbocycles. The normalized spacial score (nSPS) is 26.9. The van der Waals surface area contributed by atoms with Crippen LogP contribution in [0.3, 0.4) is 0 Å². The molecule has 1 aromatic heterocycles. The van der Waals surface area contributed by atoms with Crippen LogP contribution in [0.2, 0.25) is 0 Å². The molecule has 34 heavy (non-hydrogen) atoms. The van der Waals surface area contributed by atoms with Gasteiger partial charge in [0, 0.05) is 30.7 Å². The molecule has 4 rings (SSSR count). The maximum atomic E-state index is 11.3. The van der Waals surface area contributed by atoms with Crippen molar-refractivity contribution in [2.45, 2.75) is 104 Å². The Kier molecular flexibility index (Phi) is 8.90. The van der Waals surface area contributed by atoms with Gasteiger partial charge in [-0.25, -0.2) is 0 Å². The van der Waals surface area contributed by atoms with E-state index < -0.39 is 0 Å². The number of nitrogens with zero attached hydrogens (tertiary/aromatic N) is 4. The van der Waals surface area contributed by atoms with Crippen LogP contribution >= 0.6 is 0 Å². The minimum Gasteiger partial charge on any atom is -0.303 e. The molecule has 3 heterocycles. The van der Waals surface area contributed by atoms with Gasteiger partial charge in [-0.1, -0.05) is 27.7 Å². The highest BCUT2D eigenvalue weighted by Crippen LogP contribution is 2.36. The highest BCUT2D eigenvalue weighted by molar-refractivity contribution is 5.57. The largest absolute Gasteiger partial charge is 0.303 e. The first kappa shape index (κ1) is 25.9. The molecule has 5 nitrogen and oxygen atoms in total. The van der Waals surface area contributed by atoms with Crippen LogP contribution in [0.25, 0.3) is 0 Å². The number of hydrogen-bond donors (Lipinski definition) is 0. The predicted octanol–water partition coefficient (Wildman–Crippen LogP) is 5.60. The van der Waals surface area contributed by atoms with Crippen molar-refractivity contribution < 1.29 is 4.79 Å². The van der Waals surface area contributed by atoms with E-state index >= 15 is 0 Å². The molecular weight excluding hydrogens is 420 g/mol. The third-order valence-corrected chi connectivity index (χ3v) is 9.10. The first-order valence-electron chi connectivity index (χ1n) is 14.3. The Morgan fingerprint density at radius 2 is 1.53 bits per heavy atom. The second kappa shape index (κ2) is 11.7. The Morgan fingerprint density at radius 3 is 2.12 bits per heavy atom. The maximum absolute atomic E-state index is 11.3. The monoisotopic (exact) mass is 470 g/mol. The summed E-state index contributed by atoms with van der Waals surface area (Å²) in [6.45, 7) is 16.2. The fraction of sp³-hybridized carbons (Fsp3) is 0.862. The van der Waals surface area contributed by atoms with Gasteiger partial charge in [0.05, 0.1) is 6.20 Å². The van der Waals surface area contributed by atoms with E-state index in [4.69, 9.17) is 0 Å². The quantitative estimate of drug-likeness (QED) is 0.440. The lowest BCUT2D eigenvalue weighted by molar-refractivity contribution is -0.115. The minimum absolute atomic E-state index is 0.138. The minimum atomic E-state index is -0.138. The lowest BCUT2D eigenvalue weighted by Gasteiger charge is -2.43. The number of aromatic nitrogens is 2. The number of hydrogen-bond acceptors (Lipinski definition) is 4. The molecule has 192 valence electrons. The fourth-order valence-corrected chi connectivity index (χ4v) is 6.77. The molecule has 0 bridgehead atoms. The smallest absolute Gasteiger partial charge is 0.125 e. The molecule has 1 aliphatic carbocycles. The third kappa shape index (κ3) is 7.16. The van der Waals surface area contributed by atoms with Gasteiger partial charge in [0.25, 0.3) is 0 Å². The van der Waals surface area contributed by atoms with Crippen molar-refractivity contribution in [3.63, 3.8) is 0 Å². The molecule has 1 saturated carbocycles. The van der Waals surface area contributed by atoms with Crippen molar-refractivity contribution in [2.75, 3.05) is 32.7 Å². The van der Waals surface area contributed by atoms with E-state index in [1.807, 2.05) is 6.20 Å². The van der Waals surface area contributed by atoms with Crippen molar-refractivity contribution in [3.05, 3.63) is 18.0 Å². The zero-order valence-corrected chi connectivity index (χ0v) is 22.4. The number of likely N-dealkylation sites (tertiary alicyclic amines) is 2. The van der Waals surface area contributed by atoms with Crippen LogP contribution in [-0.4, -0.2) is 64.6 Å². The van der Waals surface area contributed by atoms with Gasteiger partial charge in [-0.15, -0.1) is 0 Å². The van der Waals surface area contributed by atoms with Gasteiger partial charge in [-0.2, -0.15) is 5.10 Å². The SMILES string of the molecule is CC(C)c1cnn(CC2CCN(CC3CCN(C4CCC(CC(C)(C)C=O)CC4)CC3)CC2)c1. The van der Waals surface area contributed by atoms with Crippen molar-refractivity contribution in [1.82, 2.24) is 19.6 Å². The molecule has 0 N–H and O–H groups in total. The molecule has 5 heteroatoms. The van der Waals surface area contributed by atoms with Gasteiger partial charge in [0.15, 0.2) is 0 Å². The Bertz CT molecular complexity index is 748. The fourth-order valence-electron chi connectivity index (χ4n) is 6.77. The molecule has 0 atom stereocenters.